The minimum absolute atomic E-state index is 0.0820. The number of carbonyl (C=O) groups is 1. The Labute approximate surface area is 214 Å². The highest BCUT2D eigenvalue weighted by atomic mass is 32.1. The Morgan fingerprint density at radius 2 is 2.00 bits per heavy atom. The number of Topliss-reactive ketones (excluding diaryl/α,β-unsaturated/α-hetero) is 1. The van der Waals surface area contributed by atoms with E-state index in [0.717, 1.165) is 60.4 Å². The molecule has 2 aromatic rings. The minimum atomic E-state index is -2.59. The zero-order valence-electron chi connectivity index (χ0n) is 20.4. The van der Waals surface area contributed by atoms with Gasteiger partial charge in [-0.05, 0) is 57.4 Å². The van der Waals surface area contributed by atoms with Crippen LogP contribution in [0.15, 0.2) is 6.20 Å². The highest BCUT2D eigenvalue weighted by Crippen LogP contribution is 2.39. The molecule has 2 aromatic heterocycles. The number of hydrogen-bond acceptors (Lipinski definition) is 7. The number of halogens is 2. The molecule has 2 aliphatic carbocycles. The Balaban J connectivity index is 1.01. The molecule has 3 heterocycles. The predicted molar refractivity (Wildman–Crippen MR) is 135 cm³/mol. The standard InChI is InChI=1S/C26H35F2N3O2S2/c1-17-29-15-22(34-17)13-20(32)12-19-4-2-18(3-5-19)7-10-31-11-8-24-23(16-31)30-25(35-24)33-21-6-9-26(27,28)14-21/h15,18-19,21H,2-14,16H2,1H3. The van der Waals surface area contributed by atoms with Crippen LogP contribution in [0.5, 0.6) is 5.19 Å². The molecular weight excluding hydrogens is 488 g/mol. The minimum Gasteiger partial charge on any atom is -0.466 e. The third-order valence-electron chi connectivity index (χ3n) is 7.79. The van der Waals surface area contributed by atoms with Crippen molar-refractivity contribution in [3.8, 4) is 5.19 Å². The molecule has 0 aromatic carbocycles. The van der Waals surface area contributed by atoms with Gasteiger partial charge in [0.25, 0.3) is 11.1 Å². The van der Waals surface area contributed by atoms with Gasteiger partial charge in [0.2, 0.25) is 0 Å². The first-order valence-corrected chi connectivity index (χ1v) is 14.6. The number of ether oxygens (including phenoxy) is 1. The van der Waals surface area contributed by atoms with Crippen molar-refractivity contribution in [2.24, 2.45) is 11.8 Å². The molecule has 0 amide bonds. The number of ketones is 1. The Bertz CT molecular complexity index is 1020. The number of aryl methyl sites for hydroxylation is 1. The van der Waals surface area contributed by atoms with Crippen LogP contribution in [-0.4, -0.2) is 45.8 Å². The van der Waals surface area contributed by atoms with Crippen molar-refractivity contribution < 1.29 is 18.3 Å². The number of thiazole rings is 2. The molecule has 1 atom stereocenters. The Morgan fingerprint density at radius 3 is 2.71 bits per heavy atom. The SMILES string of the molecule is Cc1ncc(CC(=O)CC2CCC(CCN3CCc4sc(OC5CCC(F)(F)C5)nc4C3)CC2)s1. The van der Waals surface area contributed by atoms with E-state index < -0.39 is 12.0 Å². The third kappa shape index (κ3) is 6.86. The first kappa shape index (κ1) is 25.2. The molecule has 0 radical (unpaired) electrons. The van der Waals surface area contributed by atoms with Crippen molar-refractivity contribution in [2.45, 2.75) is 96.1 Å². The van der Waals surface area contributed by atoms with Gasteiger partial charge in [0, 0.05) is 54.7 Å². The predicted octanol–water partition coefficient (Wildman–Crippen LogP) is 6.23. The summed E-state index contributed by atoms with van der Waals surface area (Å²) in [5.74, 6) is -0.952. The van der Waals surface area contributed by atoms with E-state index in [-0.39, 0.29) is 12.8 Å². The van der Waals surface area contributed by atoms with Crippen LogP contribution in [0.25, 0.3) is 0 Å². The fraction of sp³-hybridized carbons (Fsp3) is 0.731. The summed E-state index contributed by atoms with van der Waals surface area (Å²) < 4.78 is 32.7. The van der Waals surface area contributed by atoms with Crippen LogP contribution in [0.3, 0.4) is 0 Å². The summed E-state index contributed by atoms with van der Waals surface area (Å²) in [6.45, 7) is 4.91. The van der Waals surface area contributed by atoms with Crippen LogP contribution in [0.1, 0.15) is 78.2 Å². The number of rotatable bonds is 9. The molecule has 3 aliphatic rings. The lowest BCUT2D eigenvalue weighted by atomic mass is 9.78. The molecule has 0 spiro atoms. The van der Waals surface area contributed by atoms with E-state index in [0.29, 0.717) is 36.2 Å². The van der Waals surface area contributed by atoms with Gasteiger partial charge < -0.3 is 4.74 Å². The molecule has 192 valence electrons. The average molecular weight is 524 g/mol. The van der Waals surface area contributed by atoms with Crippen molar-refractivity contribution >= 4 is 28.5 Å². The van der Waals surface area contributed by atoms with E-state index in [1.54, 1.807) is 22.7 Å². The van der Waals surface area contributed by atoms with Crippen LogP contribution >= 0.6 is 22.7 Å². The van der Waals surface area contributed by atoms with Gasteiger partial charge in [0.1, 0.15) is 11.9 Å². The van der Waals surface area contributed by atoms with Crippen molar-refractivity contribution in [1.29, 1.82) is 0 Å². The Hall–Kier alpha value is -1.45. The first-order chi connectivity index (χ1) is 16.8. The molecule has 5 rings (SSSR count). The number of nitrogens with zero attached hydrogens (tertiary/aromatic N) is 3. The summed E-state index contributed by atoms with van der Waals surface area (Å²) in [7, 11) is 0. The maximum atomic E-state index is 13.5. The number of alkyl halides is 2. The number of fused-ring (bicyclic) bond motifs is 1. The quantitative estimate of drug-likeness (QED) is 0.390. The molecule has 5 nitrogen and oxygen atoms in total. The first-order valence-electron chi connectivity index (χ1n) is 13.0. The number of hydrogen-bond donors (Lipinski definition) is 0. The summed E-state index contributed by atoms with van der Waals surface area (Å²) in [5, 5.41) is 1.59. The summed E-state index contributed by atoms with van der Waals surface area (Å²) >= 11 is 3.17. The normalized spacial score (nSPS) is 26.5. The van der Waals surface area contributed by atoms with E-state index in [9.17, 15) is 13.6 Å². The van der Waals surface area contributed by atoms with E-state index >= 15 is 0 Å². The van der Waals surface area contributed by atoms with Gasteiger partial charge in [-0.2, -0.15) is 0 Å². The topological polar surface area (TPSA) is 55.3 Å². The van der Waals surface area contributed by atoms with E-state index in [2.05, 4.69) is 14.9 Å². The second-order valence-electron chi connectivity index (χ2n) is 10.7. The van der Waals surface area contributed by atoms with E-state index in [1.807, 2.05) is 13.1 Å². The van der Waals surface area contributed by atoms with Crippen LogP contribution < -0.4 is 4.74 Å². The van der Waals surface area contributed by atoms with Crippen molar-refractivity contribution in [3.63, 3.8) is 0 Å². The van der Waals surface area contributed by atoms with Gasteiger partial charge in [0.15, 0.2) is 0 Å². The molecule has 1 aliphatic heterocycles. The second kappa shape index (κ2) is 10.9. The molecular formula is C26H35F2N3O2S2. The molecule has 35 heavy (non-hydrogen) atoms. The van der Waals surface area contributed by atoms with E-state index in [4.69, 9.17) is 4.74 Å². The van der Waals surface area contributed by atoms with Gasteiger partial charge in [-0.15, -0.1) is 11.3 Å². The lowest BCUT2D eigenvalue weighted by Gasteiger charge is -2.31. The maximum absolute atomic E-state index is 13.5. The van der Waals surface area contributed by atoms with Crippen LogP contribution in [0.4, 0.5) is 8.78 Å². The Morgan fingerprint density at radius 1 is 1.20 bits per heavy atom. The molecule has 2 saturated carbocycles. The molecule has 0 saturated heterocycles. The van der Waals surface area contributed by atoms with Crippen LogP contribution in [0.2, 0.25) is 0 Å². The molecule has 0 bridgehead atoms. The summed E-state index contributed by atoms with van der Waals surface area (Å²) in [4.78, 5) is 26.2. The zero-order valence-corrected chi connectivity index (χ0v) is 22.1. The summed E-state index contributed by atoms with van der Waals surface area (Å²) in [6, 6.07) is 0. The molecule has 0 N–H and O–H groups in total. The van der Waals surface area contributed by atoms with Crippen molar-refractivity contribution in [3.05, 3.63) is 26.7 Å². The monoisotopic (exact) mass is 523 g/mol. The third-order valence-corrected chi connectivity index (χ3v) is 9.75. The zero-order chi connectivity index (χ0) is 24.4. The Kier molecular flexibility index (Phi) is 7.84. The van der Waals surface area contributed by atoms with Crippen LogP contribution in [-0.2, 0) is 24.2 Å². The lowest BCUT2D eigenvalue weighted by Crippen LogP contribution is -2.32. The fourth-order valence-corrected chi connectivity index (χ4v) is 7.58. The highest BCUT2D eigenvalue weighted by molar-refractivity contribution is 7.13. The lowest BCUT2D eigenvalue weighted by molar-refractivity contribution is -0.119. The number of carbonyl (C=O) groups excluding carboxylic acids is 1. The van der Waals surface area contributed by atoms with Gasteiger partial charge in [-0.1, -0.05) is 24.2 Å². The molecule has 2 fully saturated rings. The average Bonchev–Trinajstić information content (AvgIpc) is 3.50. The van der Waals surface area contributed by atoms with Gasteiger partial charge in [0.05, 0.1) is 10.7 Å². The van der Waals surface area contributed by atoms with Crippen molar-refractivity contribution in [1.82, 2.24) is 14.9 Å². The molecule has 9 heteroatoms. The largest absolute Gasteiger partial charge is 0.466 e. The fourth-order valence-electron chi connectivity index (χ4n) is 5.79. The van der Waals surface area contributed by atoms with Gasteiger partial charge >= 0.3 is 0 Å². The number of aromatic nitrogens is 2. The maximum Gasteiger partial charge on any atom is 0.273 e. The van der Waals surface area contributed by atoms with Gasteiger partial charge in [-0.3, -0.25) is 9.69 Å². The van der Waals surface area contributed by atoms with Gasteiger partial charge in [-0.25, -0.2) is 18.7 Å². The smallest absolute Gasteiger partial charge is 0.273 e. The summed E-state index contributed by atoms with van der Waals surface area (Å²) in [5.41, 5.74) is 1.07. The van der Waals surface area contributed by atoms with Crippen LogP contribution in [0, 0.1) is 18.8 Å². The second-order valence-corrected chi connectivity index (χ2v) is 13.0. The van der Waals surface area contributed by atoms with Crippen molar-refractivity contribution in [2.75, 3.05) is 13.1 Å². The van der Waals surface area contributed by atoms with E-state index in [1.165, 1.54) is 24.1 Å². The highest BCUT2D eigenvalue weighted by Gasteiger charge is 2.41. The molecule has 1 unspecified atom stereocenters. The summed E-state index contributed by atoms with van der Waals surface area (Å²) in [6.07, 6.45) is 9.75.